The molecule has 5 heteroatoms. The third kappa shape index (κ3) is 2.77. The van der Waals surface area contributed by atoms with Gasteiger partial charge < -0.3 is 14.6 Å². The molecule has 2 unspecified atom stereocenters. The minimum atomic E-state index is 0.522. The van der Waals surface area contributed by atoms with Crippen molar-refractivity contribution in [3.63, 3.8) is 0 Å². The number of hydrogen-bond donors (Lipinski definition) is 1. The van der Waals surface area contributed by atoms with Crippen LogP contribution in [0.2, 0.25) is 0 Å². The van der Waals surface area contributed by atoms with Gasteiger partial charge in [-0.2, -0.15) is 11.8 Å². The minimum Gasteiger partial charge on any atom is -0.350 e. The third-order valence-corrected chi connectivity index (χ3v) is 5.64. The Morgan fingerprint density at radius 2 is 2.24 bits per heavy atom. The van der Waals surface area contributed by atoms with E-state index in [1.54, 1.807) is 0 Å². The standard InChI is InChI=1S/C16H24N4S/c1-4-17-11-14-16(18-15-7-5-6-8-20(14)15)19-9-10-21-13(3)12(19)2/h5-8,12-13,17H,4,9-11H2,1-3H3. The van der Waals surface area contributed by atoms with Crippen LogP contribution in [-0.2, 0) is 6.54 Å². The molecule has 1 N–H and O–H groups in total. The van der Waals surface area contributed by atoms with Crippen LogP contribution in [0.1, 0.15) is 26.5 Å². The van der Waals surface area contributed by atoms with E-state index in [9.17, 15) is 0 Å². The summed E-state index contributed by atoms with van der Waals surface area (Å²) in [6.07, 6.45) is 2.12. The maximum atomic E-state index is 4.91. The van der Waals surface area contributed by atoms with Gasteiger partial charge in [0.05, 0.1) is 5.69 Å². The van der Waals surface area contributed by atoms with Crippen molar-refractivity contribution in [1.82, 2.24) is 14.7 Å². The van der Waals surface area contributed by atoms with Crippen molar-refractivity contribution >= 4 is 23.2 Å². The molecule has 0 aliphatic carbocycles. The number of fused-ring (bicyclic) bond motifs is 1. The predicted octanol–water partition coefficient (Wildman–Crippen LogP) is 2.77. The zero-order valence-corrected chi connectivity index (χ0v) is 13.9. The fourth-order valence-corrected chi connectivity index (χ4v) is 4.00. The second kappa shape index (κ2) is 6.28. The van der Waals surface area contributed by atoms with E-state index in [1.165, 1.54) is 11.4 Å². The van der Waals surface area contributed by atoms with E-state index in [2.05, 4.69) is 71.5 Å². The van der Waals surface area contributed by atoms with Gasteiger partial charge in [-0.15, -0.1) is 0 Å². The van der Waals surface area contributed by atoms with Crippen molar-refractivity contribution < 1.29 is 0 Å². The number of aromatic nitrogens is 2. The van der Waals surface area contributed by atoms with Crippen LogP contribution in [0.4, 0.5) is 5.82 Å². The Kier molecular flexibility index (Phi) is 4.40. The summed E-state index contributed by atoms with van der Waals surface area (Å²) in [6.45, 7) is 9.70. The molecule has 0 spiro atoms. The Hall–Kier alpha value is -1.20. The first-order valence-electron chi connectivity index (χ1n) is 7.77. The summed E-state index contributed by atoms with van der Waals surface area (Å²) in [6, 6.07) is 6.74. The molecule has 0 saturated carbocycles. The number of pyridine rings is 1. The van der Waals surface area contributed by atoms with Crippen LogP contribution in [0.15, 0.2) is 24.4 Å². The Labute approximate surface area is 130 Å². The van der Waals surface area contributed by atoms with Gasteiger partial charge in [0.2, 0.25) is 0 Å². The second-order valence-corrected chi connectivity index (χ2v) is 7.09. The highest BCUT2D eigenvalue weighted by molar-refractivity contribution is 8.00. The van der Waals surface area contributed by atoms with Gasteiger partial charge >= 0.3 is 0 Å². The van der Waals surface area contributed by atoms with E-state index in [1.807, 2.05) is 0 Å². The van der Waals surface area contributed by atoms with E-state index in [-0.39, 0.29) is 0 Å². The molecule has 21 heavy (non-hydrogen) atoms. The maximum absolute atomic E-state index is 4.91. The number of rotatable bonds is 4. The van der Waals surface area contributed by atoms with Gasteiger partial charge in [0.15, 0.2) is 5.82 Å². The van der Waals surface area contributed by atoms with E-state index < -0.39 is 0 Å². The summed E-state index contributed by atoms with van der Waals surface area (Å²) >= 11 is 2.06. The molecule has 2 atom stereocenters. The minimum absolute atomic E-state index is 0.522. The lowest BCUT2D eigenvalue weighted by molar-refractivity contribution is 0.613. The molecule has 3 rings (SSSR count). The summed E-state index contributed by atoms with van der Waals surface area (Å²) in [5.74, 6) is 2.34. The van der Waals surface area contributed by atoms with E-state index in [4.69, 9.17) is 4.98 Å². The molecular formula is C16H24N4S. The van der Waals surface area contributed by atoms with Crippen LogP contribution < -0.4 is 10.2 Å². The van der Waals surface area contributed by atoms with Crippen LogP contribution >= 0.6 is 11.8 Å². The van der Waals surface area contributed by atoms with E-state index in [0.717, 1.165) is 31.1 Å². The monoisotopic (exact) mass is 304 g/mol. The molecular weight excluding hydrogens is 280 g/mol. The largest absolute Gasteiger partial charge is 0.350 e. The molecule has 1 fully saturated rings. The summed E-state index contributed by atoms with van der Waals surface area (Å²) in [5.41, 5.74) is 2.32. The number of imidazole rings is 1. The lowest BCUT2D eigenvalue weighted by atomic mass is 10.2. The molecule has 1 aliphatic rings. The van der Waals surface area contributed by atoms with Gasteiger partial charge in [-0.25, -0.2) is 4.98 Å². The smallest absolute Gasteiger partial charge is 0.152 e. The van der Waals surface area contributed by atoms with Crippen molar-refractivity contribution in [2.24, 2.45) is 0 Å². The zero-order valence-electron chi connectivity index (χ0n) is 13.0. The highest BCUT2D eigenvalue weighted by atomic mass is 32.2. The molecule has 2 aromatic rings. The van der Waals surface area contributed by atoms with Crippen molar-refractivity contribution in [3.8, 4) is 0 Å². The normalized spacial score (nSPS) is 22.9. The van der Waals surface area contributed by atoms with Gasteiger partial charge in [-0.05, 0) is 25.6 Å². The van der Waals surface area contributed by atoms with Crippen LogP contribution in [0, 0.1) is 0 Å². The topological polar surface area (TPSA) is 32.6 Å². The number of nitrogens with zero attached hydrogens (tertiary/aromatic N) is 3. The molecule has 0 radical (unpaired) electrons. The van der Waals surface area contributed by atoms with Crippen LogP contribution in [0.3, 0.4) is 0 Å². The molecule has 0 aromatic carbocycles. The van der Waals surface area contributed by atoms with Gasteiger partial charge in [-0.3, -0.25) is 0 Å². The lowest BCUT2D eigenvalue weighted by Crippen LogP contribution is -2.45. The maximum Gasteiger partial charge on any atom is 0.152 e. The van der Waals surface area contributed by atoms with Crippen molar-refractivity contribution in [3.05, 3.63) is 30.1 Å². The zero-order chi connectivity index (χ0) is 14.8. The molecule has 114 valence electrons. The number of nitrogens with one attached hydrogen (secondary N) is 1. The Morgan fingerprint density at radius 3 is 3.05 bits per heavy atom. The molecule has 2 aromatic heterocycles. The van der Waals surface area contributed by atoms with Crippen LogP contribution in [0.25, 0.3) is 5.65 Å². The molecule has 1 saturated heterocycles. The number of anilines is 1. The average molecular weight is 304 g/mol. The molecule has 4 nitrogen and oxygen atoms in total. The fraction of sp³-hybridized carbons (Fsp3) is 0.562. The van der Waals surface area contributed by atoms with Crippen LogP contribution in [-0.4, -0.2) is 39.5 Å². The Balaban J connectivity index is 2.03. The third-order valence-electron chi connectivity index (χ3n) is 4.31. The SMILES string of the molecule is CCNCc1c(N2CCSC(C)C2C)nc2ccccn12. The first-order valence-corrected chi connectivity index (χ1v) is 8.82. The predicted molar refractivity (Wildman–Crippen MR) is 91.3 cm³/mol. The summed E-state index contributed by atoms with van der Waals surface area (Å²) < 4.78 is 2.22. The first-order chi connectivity index (χ1) is 10.2. The van der Waals surface area contributed by atoms with Crippen LogP contribution in [0.5, 0.6) is 0 Å². The first kappa shape index (κ1) is 14.7. The fourth-order valence-electron chi connectivity index (χ4n) is 2.90. The highest BCUT2D eigenvalue weighted by Crippen LogP contribution is 2.31. The van der Waals surface area contributed by atoms with Crippen molar-refractivity contribution in [2.45, 2.75) is 38.6 Å². The van der Waals surface area contributed by atoms with Gasteiger partial charge in [0.25, 0.3) is 0 Å². The van der Waals surface area contributed by atoms with Crippen molar-refractivity contribution in [2.75, 3.05) is 23.7 Å². The van der Waals surface area contributed by atoms with E-state index in [0.29, 0.717) is 11.3 Å². The Bertz CT molecular complexity index is 609. The molecule has 3 heterocycles. The summed E-state index contributed by atoms with van der Waals surface area (Å²) in [7, 11) is 0. The summed E-state index contributed by atoms with van der Waals surface area (Å²) in [5, 5.41) is 4.10. The van der Waals surface area contributed by atoms with Gasteiger partial charge in [0.1, 0.15) is 5.65 Å². The van der Waals surface area contributed by atoms with Gasteiger partial charge in [-0.1, -0.05) is 19.9 Å². The number of thioether (sulfide) groups is 1. The quantitative estimate of drug-likeness (QED) is 0.941. The van der Waals surface area contributed by atoms with E-state index >= 15 is 0 Å². The number of hydrogen-bond acceptors (Lipinski definition) is 4. The Morgan fingerprint density at radius 1 is 1.38 bits per heavy atom. The van der Waals surface area contributed by atoms with Crippen molar-refractivity contribution in [1.29, 1.82) is 0 Å². The highest BCUT2D eigenvalue weighted by Gasteiger charge is 2.29. The lowest BCUT2D eigenvalue weighted by Gasteiger charge is -2.38. The second-order valence-electron chi connectivity index (χ2n) is 5.60. The average Bonchev–Trinajstić information content (AvgIpc) is 2.86. The molecule has 0 amide bonds. The summed E-state index contributed by atoms with van der Waals surface area (Å²) in [4.78, 5) is 7.40. The van der Waals surface area contributed by atoms with Gasteiger partial charge in [0, 0.05) is 36.3 Å². The molecule has 0 bridgehead atoms. The molecule has 1 aliphatic heterocycles.